The summed E-state index contributed by atoms with van der Waals surface area (Å²) < 4.78 is 18.8. The molecule has 2 nitrogen and oxygen atoms in total. The zero-order valence-electron chi connectivity index (χ0n) is 11.0. The lowest BCUT2D eigenvalue weighted by Gasteiger charge is -2.30. The Morgan fingerprint density at radius 1 is 1.35 bits per heavy atom. The topological polar surface area (TPSA) is 21.3 Å². The van der Waals surface area contributed by atoms with E-state index < -0.39 is 0 Å². The van der Waals surface area contributed by atoms with Crippen molar-refractivity contribution in [3.8, 4) is 0 Å². The van der Waals surface area contributed by atoms with E-state index in [9.17, 15) is 4.39 Å². The van der Waals surface area contributed by atoms with Gasteiger partial charge in [-0.2, -0.15) is 0 Å². The van der Waals surface area contributed by atoms with Gasteiger partial charge in [0, 0.05) is 7.11 Å². The van der Waals surface area contributed by atoms with Crippen molar-refractivity contribution in [1.82, 2.24) is 5.32 Å². The van der Waals surface area contributed by atoms with Crippen LogP contribution in [-0.4, -0.2) is 19.8 Å². The van der Waals surface area contributed by atoms with Crippen LogP contribution in [0.4, 0.5) is 4.39 Å². The van der Waals surface area contributed by atoms with Gasteiger partial charge in [0.15, 0.2) is 0 Å². The van der Waals surface area contributed by atoms with Crippen LogP contribution < -0.4 is 5.32 Å². The molecule has 1 aromatic carbocycles. The van der Waals surface area contributed by atoms with E-state index in [2.05, 4.69) is 19.2 Å². The molecule has 0 amide bonds. The molecule has 1 rings (SSSR count). The summed E-state index contributed by atoms with van der Waals surface area (Å²) in [5.74, 6) is 0.163. The van der Waals surface area contributed by atoms with Crippen LogP contribution in [0.1, 0.15) is 32.4 Å². The second kappa shape index (κ2) is 6.72. The lowest BCUT2D eigenvalue weighted by Crippen LogP contribution is -2.36. The summed E-state index contributed by atoms with van der Waals surface area (Å²) in [5, 5.41) is 3.37. The summed E-state index contributed by atoms with van der Waals surface area (Å²) in [7, 11) is 1.70. The fraction of sp³-hybridized carbons (Fsp3) is 0.571. The minimum atomic E-state index is -0.205. The van der Waals surface area contributed by atoms with Crippen LogP contribution in [0.3, 0.4) is 0 Å². The maximum absolute atomic E-state index is 13.3. The molecule has 0 saturated carbocycles. The van der Waals surface area contributed by atoms with Crippen LogP contribution >= 0.6 is 0 Å². The molecule has 17 heavy (non-hydrogen) atoms. The number of benzene rings is 1. The van der Waals surface area contributed by atoms with Crippen molar-refractivity contribution in [1.29, 1.82) is 0 Å². The Morgan fingerprint density at radius 2 is 2.06 bits per heavy atom. The molecule has 0 bridgehead atoms. The van der Waals surface area contributed by atoms with E-state index in [1.54, 1.807) is 19.2 Å². The summed E-state index contributed by atoms with van der Waals surface area (Å²) >= 11 is 0. The molecule has 0 fully saturated rings. The Labute approximate surface area is 103 Å². The molecule has 0 aliphatic heterocycles. The van der Waals surface area contributed by atoms with Crippen molar-refractivity contribution in [3.63, 3.8) is 0 Å². The van der Waals surface area contributed by atoms with Gasteiger partial charge in [0.25, 0.3) is 0 Å². The first kappa shape index (κ1) is 14.1. The molecule has 3 heteroatoms. The molecular weight excluding hydrogens is 217 g/mol. The van der Waals surface area contributed by atoms with Crippen LogP contribution in [0.25, 0.3) is 0 Å². The average Bonchev–Trinajstić information content (AvgIpc) is 2.28. The minimum absolute atomic E-state index is 0.0284. The lowest BCUT2D eigenvalue weighted by atomic mass is 9.93. The van der Waals surface area contributed by atoms with Gasteiger partial charge < -0.3 is 10.1 Å². The molecule has 2 unspecified atom stereocenters. The maximum Gasteiger partial charge on any atom is 0.123 e. The monoisotopic (exact) mass is 239 g/mol. The van der Waals surface area contributed by atoms with Gasteiger partial charge in [-0.3, -0.25) is 0 Å². The third kappa shape index (κ3) is 3.79. The van der Waals surface area contributed by atoms with Crippen LogP contribution in [-0.2, 0) is 4.74 Å². The molecule has 1 N–H and O–H groups in total. The summed E-state index contributed by atoms with van der Waals surface area (Å²) in [6.07, 6.45) is 0.0387. The summed E-state index contributed by atoms with van der Waals surface area (Å²) in [6.45, 7) is 7.09. The standard InChI is InChI=1S/C14H22FNO/c1-5-16-13(14(17-4)10(2)3)11-7-6-8-12(15)9-11/h6-10,13-14,16H,5H2,1-4H3. The molecule has 0 spiro atoms. The van der Waals surface area contributed by atoms with Crippen molar-refractivity contribution in [2.45, 2.75) is 32.9 Å². The molecule has 0 aliphatic carbocycles. The summed E-state index contributed by atoms with van der Waals surface area (Å²) in [5.41, 5.74) is 0.937. The van der Waals surface area contributed by atoms with E-state index in [1.165, 1.54) is 6.07 Å². The Morgan fingerprint density at radius 3 is 2.53 bits per heavy atom. The molecule has 2 atom stereocenters. The third-order valence-corrected chi connectivity index (χ3v) is 2.89. The fourth-order valence-electron chi connectivity index (χ4n) is 2.14. The first-order valence-electron chi connectivity index (χ1n) is 6.11. The normalized spacial score (nSPS) is 14.9. The highest BCUT2D eigenvalue weighted by Crippen LogP contribution is 2.24. The van der Waals surface area contributed by atoms with Crippen LogP contribution in [0.15, 0.2) is 24.3 Å². The third-order valence-electron chi connectivity index (χ3n) is 2.89. The Bertz CT molecular complexity index is 341. The summed E-state index contributed by atoms with van der Waals surface area (Å²) in [6, 6.07) is 6.74. The van der Waals surface area contributed by atoms with Gasteiger partial charge in [0.1, 0.15) is 5.82 Å². The Hall–Kier alpha value is -0.930. The van der Waals surface area contributed by atoms with Gasteiger partial charge in [0.2, 0.25) is 0 Å². The smallest absolute Gasteiger partial charge is 0.123 e. The van der Waals surface area contributed by atoms with Crippen molar-refractivity contribution < 1.29 is 9.13 Å². The molecule has 0 heterocycles. The molecule has 96 valence electrons. The van der Waals surface area contributed by atoms with Crippen molar-refractivity contribution in [2.24, 2.45) is 5.92 Å². The van der Waals surface area contributed by atoms with Crippen molar-refractivity contribution in [2.75, 3.05) is 13.7 Å². The van der Waals surface area contributed by atoms with Crippen molar-refractivity contribution in [3.05, 3.63) is 35.6 Å². The zero-order chi connectivity index (χ0) is 12.8. The van der Waals surface area contributed by atoms with E-state index in [0.717, 1.165) is 12.1 Å². The van der Waals surface area contributed by atoms with E-state index in [0.29, 0.717) is 5.92 Å². The van der Waals surface area contributed by atoms with Crippen LogP contribution in [0.2, 0.25) is 0 Å². The van der Waals surface area contributed by atoms with Gasteiger partial charge in [-0.1, -0.05) is 32.9 Å². The largest absolute Gasteiger partial charge is 0.379 e. The molecule has 0 radical (unpaired) electrons. The highest BCUT2D eigenvalue weighted by molar-refractivity contribution is 5.21. The number of halogens is 1. The zero-order valence-corrected chi connectivity index (χ0v) is 11.0. The van der Waals surface area contributed by atoms with Crippen LogP contribution in [0, 0.1) is 11.7 Å². The Balaban J connectivity index is 2.98. The predicted molar refractivity (Wildman–Crippen MR) is 68.5 cm³/mol. The lowest BCUT2D eigenvalue weighted by molar-refractivity contribution is 0.0330. The van der Waals surface area contributed by atoms with E-state index in [-0.39, 0.29) is 18.0 Å². The number of hydrogen-bond acceptors (Lipinski definition) is 2. The molecule has 0 saturated heterocycles. The van der Waals surface area contributed by atoms with Crippen molar-refractivity contribution >= 4 is 0 Å². The van der Waals surface area contributed by atoms with Gasteiger partial charge in [0.05, 0.1) is 12.1 Å². The second-order valence-corrected chi connectivity index (χ2v) is 4.53. The van der Waals surface area contributed by atoms with E-state index >= 15 is 0 Å². The first-order valence-corrected chi connectivity index (χ1v) is 6.11. The molecule has 1 aromatic rings. The number of hydrogen-bond donors (Lipinski definition) is 1. The average molecular weight is 239 g/mol. The Kier molecular flexibility index (Phi) is 5.59. The maximum atomic E-state index is 13.3. The SMILES string of the molecule is CCNC(c1cccc(F)c1)C(OC)C(C)C. The summed E-state index contributed by atoms with van der Waals surface area (Å²) in [4.78, 5) is 0. The van der Waals surface area contributed by atoms with Gasteiger partial charge >= 0.3 is 0 Å². The molecular formula is C14H22FNO. The first-order chi connectivity index (χ1) is 8.10. The number of nitrogens with one attached hydrogen (secondary N) is 1. The second-order valence-electron chi connectivity index (χ2n) is 4.53. The fourth-order valence-corrected chi connectivity index (χ4v) is 2.14. The minimum Gasteiger partial charge on any atom is -0.379 e. The van der Waals surface area contributed by atoms with Gasteiger partial charge in [-0.15, -0.1) is 0 Å². The van der Waals surface area contributed by atoms with E-state index in [4.69, 9.17) is 4.74 Å². The van der Waals surface area contributed by atoms with E-state index in [1.807, 2.05) is 13.0 Å². The highest BCUT2D eigenvalue weighted by Gasteiger charge is 2.25. The van der Waals surface area contributed by atoms with Gasteiger partial charge in [-0.05, 0) is 30.2 Å². The van der Waals surface area contributed by atoms with Gasteiger partial charge in [-0.25, -0.2) is 4.39 Å². The highest BCUT2D eigenvalue weighted by atomic mass is 19.1. The quantitative estimate of drug-likeness (QED) is 0.823. The number of likely N-dealkylation sites (N-methyl/N-ethyl adjacent to an activating group) is 1. The van der Waals surface area contributed by atoms with Crippen LogP contribution in [0.5, 0.6) is 0 Å². The predicted octanol–water partition coefficient (Wildman–Crippen LogP) is 3.15. The number of rotatable bonds is 6. The number of ether oxygens (including phenoxy) is 1. The molecule has 0 aliphatic rings. The number of methoxy groups -OCH3 is 1. The molecule has 0 aromatic heterocycles.